The molecule has 7 nitrogen and oxygen atoms in total. The van der Waals surface area contributed by atoms with Crippen LogP contribution in [-0.2, 0) is 0 Å². The first-order valence-corrected chi connectivity index (χ1v) is 10.9. The predicted molar refractivity (Wildman–Crippen MR) is 109 cm³/mol. The van der Waals surface area contributed by atoms with E-state index in [0.717, 1.165) is 12.8 Å². The molecule has 0 aromatic carbocycles. The summed E-state index contributed by atoms with van der Waals surface area (Å²) >= 11 is 0. The quantitative estimate of drug-likeness (QED) is 0.261. The van der Waals surface area contributed by atoms with Gasteiger partial charge in [0.2, 0.25) is 0 Å². The third-order valence-corrected chi connectivity index (χ3v) is 4.87. The van der Waals surface area contributed by atoms with Gasteiger partial charge < -0.3 is 9.42 Å². The van der Waals surface area contributed by atoms with E-state index in [4.69, 9.17) is 0 Å². The topological polar surface area (TPSA) is 83.3 Å². The van der Waals surface area contributed by atoms with Crippen LogP contribution < -0.4 is 10.9 Å². The van der Waals surface area contributed by atoms with E-state index in [9.17, 15) is 9.18 Å². The zero-order valence-electron chi connectivity index (χ0n) is 17.6. The van der Waals surface area contributed by atoms with Crippen molar-refractivity contribution in [3.63, 3.8) is 0 Å². The van der Waals surface area contributed by atoms with Gasteiger partial charge in [0.15, 0.2) is 0 Å². The third kappa shape index (κ3) is 12.5. The molecule has 0 atom stereocenters. The Balaban J connectivity index is 1.85. The van der Waals surface area contributed by atoms with Gasteiger partial charge in [-0.25, -0.2) is 15.6 Å². The molecule has 0 aliphatic carbocycles. The number of hydrazine groups is 1. The molecule has 1 rings (SSSR count). The molecule has 162 valence electrons. The molecular weight excluding hydrogens is 361 g/mol. The van der Waals surface area contributed by atoms with E-state index in [1.165, 1.54) is 77.0 Å². The van der Waals surface area contributed by atoms with Gasteiger partial charge in [0, 0.05) is 13.6 Å². The second kappa shape index (κ2) is 16.1. The van der Waals surface area contributed by atoms with Gasteiger partial charge >= 0.3 is 18.1 Å². The Kier molecular flexibility index (Phi) is 13.9. The summed E-state index contributed by atoms with van der Waals surface area (Å²) in [5.41, 5.74) is 4.76. The summed E-state index contributed by atoms with van der Waals surface area (Å²) in [6.45, 7) is 2.93. The minimum atomic E-state index is -0.979. The minimum absolute atomic E-state index is 0.184. The molecule has 0 aliphatic heterocycles. The highest BCUT2D eigenvalue weighted by atomic mass is 19.1. The number of rotatable bonds is 17. The first kappa shape index (κ1) is 24.2. The highest BCUT2D eigenvalue weighted by Gasteiger charge is 2.10. The molecule has 1 heterocycles. The molecule has 0 radical (unpaired) electrons. The molecule has 1 aromatic heterocycles. The Morgan fingerprint density at radius 3 is 1.89 bits per heavy atom. The second-order valence-corrected chi connectivity index (χ2v) is 7.44. The molecule has 0 spiro atoms. The van der Waals surface area contributed by atoms with Crippen LogP contribution in [0.5, 0.6) is 0 Å². The van der Waals surface area contributed by atoms with E-state index in [1.807, 2.05) is 0 Å². The summed E-state index contributed by atoms with van der Waals surface area (Å²) in [6.07, 6.45) is 17.3. The number of aromatic nitrogens is 2. The molecule has 0 bridgehead atoms. The number of carbonyl (C=O) groups is 1. The van der Waals surface area contributed by atoms with Crippen molar-refractivity contribution < 1.29 is 13.7 Å². The number of carbonyl (C=O) groups excluding carboxylic acids is 1. The Bertz CT molecular complexity index is 513. The fourth-order valence-electron chi connectivity index (χ4n) is 3.10. The van der Waals surface area contributed by atoms with Gasteiger partial charge in [-0.3, -0.25) is 0 Å². The predicted octanol–water partition coefficient (Wildman–Crippen LogP) is 5.66. The molecular formula is C20H38FN5O2. The SMILES string of the molecule is CCCCCCCCCCCCCCCCN(C)C(=O)NNc1nc(F)no1. The van der Waals surface area contributed by atoms with Crippen molar-refractivity contribution in [2.75, 3.05) is 19.0 Å². The van der Waals surface area contributed by atoms with E-state index < -0.39 is 6.08 Å². The highest BCUT2D eigenvalue weighted by molar-refractivity contribution is 5.74. The van der Waals surface area contributed by atoms with E-state index in [1.54, 1.807) is 11.9 Å². The van der Waals surface area contributed by atoms with Crippen LogP contribution in [0.2, 0.25) is 0 Å². The van der Waals surface area contributed by atoms with Crippen LogP contribution in [0.1, 0.15) is 96.8 Å². The smallest absolute Gasteiger partial charge is 0.326 e. The van der Waals surface area contributed by atoms with Gasteiger partial charge in [-0.1, -0.05) is 90.4 Å². The molecule has 1 aromatic rings. The number of nitrogens with one attached hydrogen (secondary N) is 2. The van der Waals surface area contributed by atoms with Crippen LogP contribution in [0.4, 0.5) is 15.2 Å². The van der Waals surface area contributed by atoms with Crippen molar-refractivity contribution in [2.45, 2.75) is 96.8 Å². The molecule has 28 heavy (non-hydrogen) atoms. The average molecular weight is 400 g/mol. The summed E-state index contributed by atoms with van der Waals surface area (Å²) in [5.74, 6) is 0. The fraction of sp³-hybridized carbons (Fsp3) is 0.850. The van der Waals surface area contributed by atoms with Crippen molar-refractivity contribution in [3.05, 3.63) is 6.08 Å². The maximum atomic E-state index is 12.6. The van der Waals surface area contributed by atoms with Gasteiger partial charge in [-0.05, 0) is 11.6 Å². The van der Waals surface area contributed by atoms with Gasteiger partial charge in [-0.15, -0.1) is 4.98 Å². The first-order chi connectivity index (χ1) is 13.6. The molecule has 0 saturated carbocycles. The number of amides is 2. The van der Waals surface area contributed by atoms with Gasteiger partial charge in [0.25, 0.3) is 0 Å². The lowest BCUT2D eigenvalue weighted by atomic mass is 10.0. The van der Waals surface area contributed by atoms with Crippen LogP contribution >= 0.6 is 0 Å². The largest absolute Gasteiger partial charge is 0.347 e. The standard InChI is InChI=1S/C20H38FN5O2/c1-3-4-5-6-7-8-9-10-11-12-13-14-15-16-17-26(2)20(27)24-23-19-22-18(21)25-28-19/h3-17H2,1-2H3,(H,24,27)(H,22,23,25). The fourth-order valence-corrected chi connectivity index (χ4v) is 3.10. The number of nitrogens with zero attached hydrogens (tertiary/aromatic N) is 3. The highest BCUT2D eigenvalue weighted by Crippen LogP contribution is 2.13. The summed E-state index contributed by atoms with van der Waals surface area (Å²) in [6, 6.07) is -0.510. The monoisotopic (exact) mass is 399 g/mol. The van der Waals surface area contributed by atoms with Crippen molar-refractivity contribution in [1.82, 2.24) is 20.5 Å². The van der Waals surface area contributed by atoms with Crippen molar-refractivity contribution in [1.29, 1.82) is 0 Å². The molecule has 2 amide bonds. The van der Waals surface area contributed by atoms with E-state index in [2.05, 4.69) is 32.4 Å². The number of urea groups is 1. The maximum Gasteiger partial charge on any atom is 0.347 e. The Labute approximate surface area is 168 Å². The van der Waals surface area contributed by atoms with Crippen LogP contribution in [-0.4, -0.2) is 34.7 Å². The summed E-state index contributed by atoms with van der Waals surface area (Å²) in [5, 5.41) is 2.98. The van der Waals surface area contributed by atoms with E-state index >= 15 is 0 Å². The molecule has 0 unspecified atom stereocenters. The van der Waals surface area contributed by atoms with Gasteiger partial charge in [0.1, 0.15) is 0 Å². The summed E-state index contributed by atoms with van der Waals surface area (Å²) in [7, 11) is 1.72. The lowest BCUT2D eigenvalue weighted by Crippen LogP contribution is -2.40. The maximum absolute atomic E-state index is 12.6. The number of anilines is 1. The van der Waals surface area contributed by atoms with Crippen molar-refractivity contribution in [2.24, 2.45) is 0 Å². The third-order valence-electron chi connectivity index (χ3n) is 4.87. The molecule has 0 aliphatic rings. The zero-order chi connectivity index (χ0) is 20.5. The van der Waals surface area contributed by atoms with Gasteiger partial charge in [0.05, 0.1) is 0 Å². The van der Waals surface area contributed by atoms with E-state index in [-0.39, 0.29) is 12.0 Å². The summed E-state index contributed by atoms with van der Waals surface area (Å²) in [4.78, 5) is 16.7. The Morgan fingerprint density at radius 1 is 0.929 bits per heavy atom. The van der Waals surface area contributed by atoms with Crippen molar-refractivity contribution >= 4 is 12.0 Å². The van der Waals surface area contributed by atoms with Crippen molar-refractivity contribution in [3.8, 4) is 0 Å². The normalized spacial score (nSPS) is 10.8. The Morgan fingerprint density at radius 2 is 1.43 bits per heavy atom. The lowest BCUT2D eigenvalue weighted by Gasteiger charge is -2.17. The number of hydrogen-bond acceptors (Lipinski definition) is 5. The molecule has 0 saturated heterocycles. The first-order valence-electron chi connectivity index (χ1n) is 10.9. The van der Waals surface area contributed by atoms with Gasteiger partial charge in [-0.2, -0.15) is 4.39 Å². The molecule has 8 heteroatoms. The number of halogens is 1. The van der Waals surface area contributed by atoms with Crippen LogP contribution in [0.25, 0.3) is 0 Å². The van der Waals surface area contributed by atoms with Crippen LogP contribution in [0.15, 0.2) is 4.52 Å². The number of hydrogen-bond donors (Lipinski definition) is 2. The average Bonchev–Trinajstić information content (AvgIpc) is 3.11. The summed E-state index contributed by atoms with van der Waals surface area (Å²) < 4.78 is 17.1. The molecule has 2 N–H and O–H groups in total. The minimum Gasteiger partial charge on any atom is -0.326 e. The second-order valence-electron chi connectivity index (χ2n) is 7.44. The molecule has 0 fully saturated rings. The lowest BCUT2D eigenvalue weighted by molar-refractivity contribution is 0.209. The Hall–Kier alpha value is -1.86. The zero-order valence-corrected chi connectivity index (χ0v) is 17.6. The van der Waals surface area contributed by atoms with Crippen LogP contribution in [0, 0.1) is 6.08 Å². The van der Waals surface area contributed by atoms with E-state index in [0.29, 0.717) is 6.54 Å². The van der Waals surface area contributed by atoms with Crippen LogP contribution in [0.3, 0.4) is 0 Å². The number of unbranched alkanes of at least 4 members (excludes halogenated alkanes) is 13.